The molecule has 3 rings (SSSR count). The summed E-state index contributed by atoms with van der Waals surface area (Å²) in [6, 6.07) is 12.6. The number of aryl methyl sites for hydroxylation is 1. The lowest BCUT2D eigenvalue weighted by molar-refractivity contribution is -0.0336. The van der Waals surface area contributed by atoms with Crippen LogP contribution in [-0.2, 0) is 11.8 Å². The van der Waals surface area contributed by atoms with Crippen molar-refractivity contribution in [3.63, 3.8) is 0 Å². The minimum absolute atomic E-state index is 0.0534. The molecule has 0 aliphatic rings. The van der Waals surface area contributed by atoms with E-state index in [4.69, 9.17) is 19.8 Å². The molecule has 3 aromatic rings. The molecule has 5 N–H and O–H groups in total. The summed E-state index contributed by atoms with van der Waals surface area (Å²) in [5.41, 5.74) is 0.822. The highest BCUT2D eigenvalue weighted by atomic mass is 16.5. The normalized spacial score (nSPS) is 12.7. The van der Waals surface area contributed by atoms with Crippen molar-refractivity contribution in [1.82, 2.24) is 4.57 Å². The number of aliphatic hydroxyl groups is 3. The number of para-hydroxylation sites is 1. The fraction of sp³-hybridized carbons (Fsp3) is 0.292. The van der Waals surface area contributed by atoms with Gasteiger partial charge in [-0.3, -0.25) is 4.79 Å². The van der Waals surface area contributed by atoms with E-state index in [1.165, 1.54) is 18.2 Å². The largest absolute Gasteiger partial charge is 0.489 e. The molecule has 0 radical (unpaired) electrons. The Morgan fingerprint density at radius 2 is 1.86 bits per heavy atom. The summed E-state index contributed by atoms with van der Waals surface area (Å²) in [5, 5.41) is 49.8. The number of aromatic carboxylic acids is 1. The van der Waals surface area contributed by atoms with Gasteiger partial charge in [0.25, 0.3) is 5.91 Å². The number of rotatable bonds is 11. The van der Waals surface area contributed by atoms with Crippen molar-refractivity contribution in [1.29, 1.82) is 5.26 Å². The van der Waals surface area contributed by atoms with Gasteiger partial charge in [-0.05, 0) is 30.3 Å². The van der Waals surface area contributed by atoms with Crippen LogP contribution in [0.5, 0.6) is 5.75 Å². The highest BCUT2D eigenvalue weighted by Gasteiger charge is 2.20. The number of carboxylic acids is 1. The number of fused-ring (bicyclic) bond motifs is 1. The van der Waals surface area contributed by atoms with Gasteiger partial charge in [0.05, 0.1) is 48.2 Å². The van der Waals surface area contributed by atoms with E-state index < -0.39 is 30.7 Å². The van der Waals surface area contributed by atoms with E-state index in [2.05, 4.69) is 5.32 Å². The minimum atomic E-state index is -1.28. The first-order valence-corrected chi connectivity index (χ1v) is 10.6. The number of anilines is 1. The molecule has 184 valence electrons. The Morgan fingerprint density at radius 1 is 1.11 bits per heavy atom. The molecular weight excluding hydrogens is 458 g/mol. The van der Waals surface area contributed by atoms with E-state index in [0.717, 1.165) is 0 Å². The third-order valence-corrected chi connectivity index (χ3v) is 5.14. The molecule has 0 fully saturated rings. The number of carboxylic acid groups (broad SMARTS) is 1. The van der Waals surface area contributed by atoms with Crippen LogP contribution in [0.3, 0.4) is 0 Å². The fourth-order valence-corrected chi connectivity index (χ4v) is 3.43. The summed E-state index contributed by atoms with van der Waals surface area (Å²) in [6.45, 7) is -0.790. The number of nitriles is 1. The summed E-state index contributed by atoms with van der Waals surface area (Å²) in [4.78, 5) is 24.6. The van der Waals surface area contributed by atoms with Crippen molar-refractivity contribution in [2.45, 2.75) is 12.2 Å². The smallest absolute Gasteiger partial charge is 0.337 e. The zero-order valence-corrected chi connectivity index (χ0v) is 18.8. The Bertz CT molecular complexity index is 1260. The maximum atomic E-state index is 13.0. The summed E-state index contributed by atoms with van der Waals surface area (Å²) in [6.07, 6.45) is -2.02. The lowest BCUT2D eigenvalue weighted by Crippen LogP contribution is -2.27. The summed E-state index contributed by atoms with van der Waals surface area (Å²) in [7, 11) is 1.65. The second-order valence-electron chi connectivity index (χ2n) is 7.75. The van der Waals surface area contributed by atoms with Crippen molar-refractivity contribution in [3.05, 3.63) is 59.3 Å². The van der Waals surface area contributed by atoms with E-state index in [1.54, 1.807) is 35.9 Å². The summed E-state index contributed by atoms with van der Waals surface area (Å²) < 4.78 is 12.4. The van der Waals surface area contributed by atoms with E-state index in [0.29, 0.717) is 16.7 Å². The Morgan fingerprint density at radius 3 is 2.54 bits per heavy atom. The first kappa shape index (κ1) is 25.7. The average molecular weight is 483 g/mol. The summed E-state index contributed by atoms with van der Waals surface area (Å²) >= 11 is 0. The number of carbonyl (C=O) groups excluding carboxylic acids is 1. The lowest BCUT2D eigenvalue weighted by atomic mass is 10.1. The Balaban J connectivity index is 1.77. The molecule has 2 unspecified atom stereocenters. The van der Waals surface area contributed by atoms with Crippen molar-refractivity contribution in [2.75, 3.05) is 31.7 Å². The number of nitrogens with one attached hydrogen (secondary N) is 1. The molecule has 1 heterocycles. The molecule has 2 atom stereocenters. The number of carbonyl (C=O) groups is 2. The van der Waals surface area contributed by atoms with Gasteiger partial charge in [-0.25, -0.2) is 4.79 Å². The predicted molar refractivity (Wildman–Crippen MR) is 124 cm³/mol. The van der Waals surface area contributed by atoms with Crippen LogP contribution in [0, 0.1) is 11.3 Å². The van der Waals surface area contributed by atoms with Crippen LogP contribution in [0.15, 0.2) is 42.5 Å². The van der Waals surface area contributed by atoms with Gasteiger partial charge in [0.1, 0.15) is 30.3 Å². The van der Waals surface area contributed by atoms with E-state index in [1.807, 2.05) is 6.07 Å². The monoisotopic (exact) mass is 483 g/mol. The van der Waals surface area contributed by atoms with Gasteiger partial charge in [0, 0.05) is 12.4 Å². The maximum absolute atomic E-state index is 13.0. The van der Waals surface area contributed by atoms with Crippen molar-refractivity contribution < 1.29 is 39.5 Å². The molecule has 0 aliphatic carbocycles. The number of aromatic nitrogens is 1. The summed E-state index contributed by atoms with van der Waals surface area (Å²) in [5.74, 6) is -1.43. The number of hydrogen-bond acceptors (Lipinski definition) is 8. The molecule has 11 nitrogen and oxygen atoms in total. The molecule has 0 bridgehead atoms. The number of amides is 1. The van der Waals surface area contributed by atoms with E-state index in [-0.39, 0.29) is 42.3 Å². The van der Waals surface area contributed by atoms with Crippen molar-refractivity contribution >= 4 is 28.5 Å². The zero-order valence-electron chi connectivity index (χ0n) is 18.8. The van der Waals surface area contributed by atoms with Crippen LogP contribution in [0.1, 0.15) is 26.4 Å². The van der Waals surface area contributed by atoms with Gasteiger partial charge in [-0.15, -0.1) is 0 Å². The Kier molecular flexibility index (Phi) is 8.40. The molecule has 0 saturated heterocycles. The molecule has 11 heteroatoms. The van der Waals surface area contributed by atoms with Gasteiger partial charge in [-0.1, -0.05) is 12.1 Å². The average Bonchev–Trinajstić information content (AvgIpc) is 3.19. The molecule has 2 aromatic carbocycles. The molecule has 1 amide bonds. The molecular formula is C24H25N3O8. The molecule has 0 spiro atoms. The molecule has 1 aromatic heterocycles. The zero-order chi connectivity index (χ0) is 25.5. The standard InChI is InChI=1S/C24H25N3O8/c1-27-20(23(31)26-19-6-5-14(9-25)7-18(19)24(32)33)8-15-3-2-4-21(22(15)27)35-13-17(30)12-34-11-16(29)10-28/h2-8,16-17,28-30H,10-13H2,1H3,(H,26,31)(H,32,33). The van der Waals surface area contributed by atoms with Crippen LogP contribution >= 0.6 is 0 Å². The highest BCUT2D eigenvalue weighted by molar-refractivity contribution is 6.09. The molecule has 35 heavy (non-hydrogen) atoms. The lowest BCUT2D eigenvalue weighted by Gasteiger charge is -2.15. The topological polar surface area (TPSA) is 174 Å². The third-order valence-electron chi connectivity index (χ3n) is 5.14. The number of hydrogen-bond donors (Lipinski definition) is 5. The molecule has 0 aliphatic heterocycles. The van der Waals surface area contributed by atoms with Gasteiger partial charge >= 0.3 is 5.97 Å². The molecule has 0 saturated carbocycles. The Labute approximate surface area is 200 Å². The van der Waals surface area contributed by atoms with Crippen molar-refractivity contribution in [3.8, 4) is 11.8 Å². The van der Waals surface area contributed by atoms with Crippen LogP contribution < -0.4 is 10.1 Å². The predicted octanol–water partition coefficient (Wildman–Crippen LogP) is 1.11. The number of benzene rings is 2. The quantitative estimate of drug-likeness (QED) is 0.268. The minimum Gasteiger partial charge on any atom is -0.489 e. The Hall–Kier alpha value is -3.95. The first-order valence-electron chi connectivity index (χ1n) is 10.6. The van der Waals surface area contributed by atoms with Gasteiger partial charge < -0.3 is 39.8 Å². The van der Waals surface area contributed by atoms with E-state index >= 15 is 0 Å². The van der Waals surface area contributed by atoms with E-state index in [9.17, 15) is 24.9 Å². The maximum Gasteiger partial charge on any atom is 0.337 e. The SMILES string of the molecule is Cn1c(C(=O)Nc2ccc(C#N)cc2C(=O)O)cc2cccc(OCC(O)COCC(O)CO)c21. The first-order chi connectivity index (χ1) is 16.7. The fourth-order valence-electron chi connectivity index (χ4n) is 3.43. The second-order valence-corrected chi connectivity index (χ2v) is 7.75. The van der Waals surface area contributed by atoms with Gasteiger partial charge in [0.2, 0.25) is 0 Å². The number of aliphatic hydroxyl groups excluding tert-OH is 3. The van der Waals surface area contributed by atoms with Crippen LogP contribution in [0.4, 0.5) is 5.69 Å². The highest BCUT2D eigenvalue weighted by Crippen LogP contribution is 2.29. The van der Waals surface area contributed by atoms with Crippen LogP contribution in [-0.4, -0.2) is 75.5 Å². The van der Waals surface area contributed by atoms with Crippen LogP contribution in [0.2, 0.25) is 0 Å². The van der Waals surface area contributed by atoms with Crippen LogP contribution in [0.25, 0.3) is 10.9 Å². The number of ether oxygens (including phenoxy) is 2. The number of nitrogens with zero attached hydrogens (tertiary/aromatic N) is 2. The van der Waals surface area contributed by atoms with Gasteiger partial charge in [-0.2, -0.15) is 5.26 Å². The van der Waals surface area contributed by atoms with Gasteiger partial charge in [0.15, 0.2) is 0 Å². The third kappa shape index (κ3) is 6.14. The second kappa shape index (κ2) is 11.5. The van der Waals surface area contributed by atoms with Crippen molar-refractivity contribution in [2.24, 2.45) is 7.05 Å².